The van der Waals surface area contributed by atoms with Crippen molar-refractivity contribution >= 4 is 29.2 Å². The van der Waals surface area contributed by atoms with Gasteiger partial charge < -0.3 is 14.6 Å². The quantitative estimate of drug-likeness (QED) is 0.828. The summed E-state index contributed by atoms with van der Waals surface area (Å²) in [4.78, 5) is 10.7. The molecule has 0 saturated carbocycles. The monoisotopic (exact) mass is 248 g/mol. The maximum atomic E-state index is 10.7. The lowest BCUT2D eigenvalue weighted by Gasteiger charge is -2.24. The lowest BCUT2D eigenvalue weighted by atomic mass is 10.2. The summed E-state index contributed by atoms with van der Waals surface area (Å²) in [6.45, 7) is -0.0414. The van der Waals surface area contributed by atoms with Crippen LogP contribution >= 0.6 is 23.2 Å². The Hall–Kier alpha value is -1.13. The van der Waals surface area contributed by atoms with Crippen LogP contribution in [0.3, 0.4) is 0 Å². The van der Waals surface area contributed by atoms with E-state index in [0.717, 1.165) is 0 Å². The average molecular weight is 249 g/mol. The summed E-state index contributed by atoms with van der Waals surface area (Å²) in [5, 5.41) is 9.21. The van der Waals surface area contributed by atoms with Gasteiger partial charge in [0, 0.05) is 0 Å². The Morgan fingerprint density at radius 2 is 2.20 bits per heavy atom. The fraction of sp³-hybridized carbons (Fsp3) is 0.222. The molecule has 0 amide bonds. The fourth-order valence-electron chi connectivity index (χ4n) is 1.20. The summed E-state index contributed by atoms with van der Waals surface area (Å²) in [7, 11) is 0. The molecule has 1 unspecified atom stereocenters. The maximum absolute atomic E-state index is 10.7. The number of halogens is 2. The molecule has 1 aliphatic heterocycles. The summed E-state index contributed by atoms with van der Waals surface area (Å²) in [5.74, 6) is -0.513. The van der Waals surface area contributed by atoms with E-state index in [9.17, 15) is 4.79 Å². The lowest BCUT2D eigenvalue weighted by molar-refractivity contribution is -0.147. The number of ether oxygens (including phenoxy) is 2. The second-order valence-corrected chi connectivity index (χ2v) is 3.73. The van der Waals surface area contributed by atoms with Crippen LogP contribution in [0.1, 0.15) is 0 Å². The molecule has 0 aromatic heterocycles. The van der Waals surface area contributed by atoms with Crippen molar-refractivity contribution in [2.75, 3.05) is 6.61 Å². The minimum absolute atomic E-state index is 0.0414. The number of fused-ring (bicyclic) bond motifs is 1. The third kappa shape index (κ3) is 1.82. The molecule has 1 atom stereocenters. The second kappa shape index (κ2) is 3.79. The Balaban J connectivity index is 2.39. The van der Waals surface area contributed by atoms with Crippen LogP contribution < -0.4 is 9.47 Å². The molecule has 0 aliphatic carbocycles. The highest BCUT2D eigenvalue weighted by Crippen LogP contribution is 2.42. The lowest BCUT2D eigenvalue weighted by Crippen LogP contribution is -2.36. The number of hydrogen-bond donors (Lipinski definition) is 1. The number of rotatable bonds is 1. The van der Waals surface area contributed by atoms with Gasteiger partial charge in [-0.1, -0.05) is 23.2 Å². The molecule has 0 spiro atoms. The van der Waals surface area contributed by atoms with Crippen molar-refractivity contribution in [2.24, 2.45) is 0 Å². The zero-order valence-corrected chi connectivity index (χ0v) is 8.88. The van der Waals surface area contributed by atoms with E-state index in [4.69, 9.17) is 37.8 Å². The minimum Gasteiger partial charge on any atom is -0.485 e. The summed E-state index contributed by atoms with van der Waals surface area (Å²) in [5.41, 5.74) is 0. The van der Waals surface area contributed by atoms with Gasteiger partial charge in [0.1, 0.15) is 11.6 Å². The Morgan fingerprint density at radius 1 is 1.47 bits per heavy atom. The Labute approximate surface area is 95.3 Å². The molecule has 1 aromatic rings. The van der Waals surface area contributed by atoms with Crippen molar-refractivity contribution in [2.45, 2.75) is 6.10 Å². The highest BCUT2D eigenvalue weighted by Gasteiger charge is 2.29. The molecule has 15 heavy (non-hydrogen) atoms. The van der Waals surface area contributed by atoms with E-state index in [0.29, 0.717) is 10.8 Å². The Kier molecular flexibility index (Phi) is 2.63. The van der Waals surface area contributed by atoms with Crippen LogP contribution in [0.4, 0.5) is 0 Å². The van der Waals surface area contributed by atoms with Crippen LogP contribution in [0, 0.1) is 0 Å². The summed E-state index contributed by atoms with van der Waals surface area (Å²) < 4.78 is 10.3. The third-order valence-electron chi connectivity index (χ3n) is 1.94. The normalized spacial score (nSPS) is 18.7. The van der Waals surface area contributed by atoms with Crippen molar-refractivity contribution in [3.05, 3.63) is 22.2 Å². The number of carboxylic acid groups (broad SMARTS) is 1. The van der Waals surface area contributed by atoms with E-state index in [1.54, 1.807) is 12.1 Å². The average Bonchev–Trinajstić information content (AvgIpc) is 2.23. The van der Waals surface area contributed by atoms with E-state index < -0.39 is 12.1 Å². The highest BCUT2D eigenvalue weighted by molar-refractivity contribution is 6.43. The first-order chi connectivity index (χ1) is 7.09. The van der Waals surface area contributed by atoms with Gasteiger partial charge in [-0.3, -0.25) is 0 Å². The highest BCUT2D eigenvalue weighted by atomic mass is 35.5. The van der Waals surface area contributed by atoms with E-state index >= 15 is 0 Å². The molecule has 4 nitrogen and oxygen atoms in total. The predicted octanol–water partition coefficient (Wildman–Crippen LogP) is 2.22. The van der Waals surface area contributed by atoms with Crippen LogP contribution in [0.2, 0.25) is 10.0 Å². The van der Waals surface area contributed by atoms with Crippen LogP contribution in [-0.4, -0.2) is 23.8 Å². The van der Waals surface area contributed by atoms with E-state index in [-0.39, 0.29) is 17.4 Å². The molecule has 1 heterocycles. The Morgan fingerprint density at radius 3 is 2.87 bits per heavy atom. The number of benzene rings is 1. The first-order valence-corrected chi connectivity index (χ1v) is 4.85. The fourth-order valence-corrected chi connectivity index (χ4v) is 1.55. The van der Waals surface area contributed by atoms with Gasteiger partial charge in [-0.2, -0.15) is 0 Å². The van der Waals surface area contributed by atoms with Crippen molar-refractivity contribution in [3.8, 4) is 11.5 Å². The number of carbonyl (C=O) groups is 1. The van der Waals surface area contributed by atoms with Crippen LogP contribution in [0.25, 0.3) is 0 Å². The standard InChI is InChI=1S/C9H6Cl2O4/c10-4-1-2-5-8(7(4)11)15-6(3-14-5)9(12)13/h1-2,6H,3H2,(H,12,13). The van der Waals surface area contributed by atoms with Crippen molar-refractivity contribution in [3.63, 3.8) is 0 Å². The van der Waals surface area contributed by atoms with Crippen LogP contribution in [-0.2, 0) is 4.79 Å². The van der Waals surface area contributed by atoms with Gasteiger partial charge in [0.15, 0.2) is 11.5 Å². The van der Waals surface area contributed by atoms with Gasteiger partial charge in [0.05, 0.1) is 5.02 Å². The van der Waals surface area contributed by atoms with Gasteiger partial charge in [0.25, 0.3) is 0 Å². The largest absolute Gasteiger partial charge is 0.485 e. The molecule has 80 valence electrons. The van der Waals surface area contributed by atoms with E-state index in [1.807, 2.05) is 0 Å². The summed E-state index contributed by atoms with van der Waals surface area (Å²) >= 11 is 11.6. The Bertz CT molecular complexity index is 419. The maximum Gasteiger partial charge on any atom is 0.348 e. The van der Waals surface area contributed by atoms with Gasteiger partial charge >= 0.3 is 5.97 Å². The molecule has 1 N–H and O–H groups in total. The van der Waals surface area contributed by atoms with Gasteiger partial charge in [-0.25, -0.2) is 4.79 Å². The first kappa shape index (κ1) is 10.4. The van der Waals surface area contributed by atoms with Gasteiger partial charge in [0.2, 0.25) is 6.10 Å². The minimum atomic E-state index is -1.10. The molecule has 0 fully saturated rings. The first-order valence-electron chi connectivity index (χ1n) is 4.10. The number of hydrogen-bond acceptors (Lipinski definition) is 3. The number of aliphatic carboxylic acids is 1. The third-order valence-corrected chi connectivity index (χ3v) is 2.73. The molecular weight excluding hydrogens is 243 g/mol. The second-order valence-electron chi connectivity index (χ2n) is 2.94. The zero-order valence-electron chi connectivity index (χ0n) is 7.37. The van der Waals surface area contributed by atoms with Crippen molar-refractivity contribution in [1.29, 1.82) is 0 Å². The summed E-state index contributed by atoms with van der Waals surface area (Å²) in [6.07, 6.45) is -1.05. The molecule has 0 bridgehead atoms. The topological polar surface area (TPSA) is 55.8 Å². The van der Waals surface area contributed by atoms with Gasteiger partial charge in [-0.05, 0) is 12.1 Å². The van der Waals surface area contributed by atoms with Gasteiger partial charge in [-0.15, -0.1) is 0 Å². The van der Waals surface area contributed by atoms with E-state index in [1.165, 1.54) is 0 Å². The molecule has 1 aromatic carbocycles. The molecule has 6 heteroatoms. The van der Waals surface area contributed by atoms with Crippen LogP contribution in [0.5, 0.6) is 11.5 Å². The molecule has 2 rings (SSSR count). The van der Waals surface area contributed by atoms with E-state index in [2.05, 4.69) is 0 Å². The predicted molar refractivity (Wildman–Crippen MR) is 54.0 cm³/mol. The smallest absolute Gasteiger partial charge is 0.348 e. The molecule has 0 saturated heterocycles. The molecule has 1 aliphatic rings. The van der Waals surface area contributed by atoms with Crippen molar-refractivity contribution < 1.29 is 19.4 Å². The molecule has 0 radical (unpaired) electrons. The summed E-state index contributed by atoms with van der Waals surface area (Å²) in [6, 6.07) is 3.15. The zero-order chi connectivity index (χ0) is 11.0. The van der Waals surface area contributed by atoms with Crippen LogP contribution in [0.15, 0.2) is 12.1 Å². The van der Waals surface area contributed by atoms with Crippen molar-refractivity contribution in [1.82, 2.24) is 0 Å². The SMILES string of the molecule is O=C(O)C1COc2ccc(Cl)c(Cl)c2O1. The number of carboxylic acids is 1. The molecular formula is C9H6Cl2O4.